The number of hydrogen-bond acceptors (Lipinski definition) is 7. The maximum Gasteiger partial charge on any atom is 0.329 e. The molecule has 44 heavy (non-hydrogen) atoms. The molecule has 3 aliphatic heterocycles. The molecule has 2 aromatic carbocycles. The van der Waals surface area contributed by atoms with E-state index >= 15 is 0 Å². The number of likely N-dealkylation sites (tertiary alicyclic amines) is 1. The Morgan fingerprint density at radius 3 is 2.48 bits per heavy atom. The molecule has 3 amide bonds. The molecule has 4 heterocycles. The minimum Gasteiger partial charge on any atom is -0.328 e. The number of anilines is 1. The van der Waals surface area contributed by atoms with E-state index in [1.807, 2.05) is 29.9 Å². The summed E-state index contributed by atoms with van der Waals surface area (Å²) in [7, 11) is -1.61. The standard InChI is InChI=1S/C32H43N7O4S/c1-22(18-23-4-3-5-27(19-23)44(42,43)38-15-10-26(33)11-16-38)21-37-13-8-24(9-14-37)25-6-7-28-29(20-25)36(2)35-31(28)39-17-12-30(40)34-32(39)41/h3-7,19-20,22,24,26H,8-18,21,33H2,1-2H3,(H,34,40,41). The molecule has 0 saturated carbocycles. The first kappa shape index (κ1) is 30.7. The van der Waals surface area contributed by atoms with Crippen molar-refractivity contribution in [2.24, 2.45) is 18.7 Å². The minimum atomic E-state index is -3.50. The van der Waals surface area contributed by atoms with Crippen LogP contribution in [0, 0.1) is 5.92 Å². The molecular formula is C32H43N7O4S. The van der Waals surface area contributed by atoms with Gasteiger partial charge in [0.2, 0.25) is 15.9 Å². The quantitative estimate of drug-likeness (QED) is 0.395. The molecule has 1 aromatic heterocycles. The highest BCUT2D eigenvalue weighted by atomic mass is 32.2. The van der Waals surface area contributed by atoms with E-state index in [0.717, 1.165) is 55.4 Å². The van der Waals surface area contributed by atoms with Crippen LogP contribution >= 0.6 is 0 Å². The van der Waals surface area contributed by atoms with Crippen molar-refractivity contribution in [3.8, 4) is 0 Å². The zero-order chi connectivity index (χ0) is 31.0. The Hall–Kier alpha value is -3.32. The molecule has 1 unspecified atom stereocenters. The summed E-state index contributed by atoms with van der Waals surface area (Å²) in [6.45, 7) is 6.53. The van der Waals surface area contributed by atoms with Gasteiger partial charge in [0.15, 0.2) is 5.82 Å². The van der Waals surface area contributed by atoms with E-state index in [9.17, 15) is 18.0 Å². The highest BCUT2D eigenvalue weighted by Gasteiger charge is 2.30. The van der Waals surface area contributed by atoms with Crippen LogP contribution in [0.4, 0.5) is 10.6 Å². The molecule has 3 aliphatic rings. The number of urea groups is 1. The van der Waals surface area contributed by atoms with Crippen molar-refractivity contribution in [2.75, 3.05) is 44.2 Å². The van der Waals surface area contributed by atoms with Crippen molar-refractivity contribution >= 4 is 38.7 Å². The molecular weight excluding hydrogens is 578 g/mol. The SMILES string of the molecule is CC(Cc1cccc(S(=O)(=O)N2CCC(N)CC2)c1)CN1CCC(c2ccc3c(N4CCC(=O)NC4=O)nn(C)c3c2)CC1. The lowest BCUT2D eigenvalue weighted by Crippen LogP contribution is -2.49. The zero-order valence-electron chi connectivity index (χ0n) is 25.6. The Balaban J connectivity index is 1.04. The first-order valence-corrected chi connectivity index (χ1v) is 17.2. The van der Waals surface area contributed by atoms with Crippen LogP contribution in [-0.2, 0) is 28.3 Å². The van der Waals surface area contributed by atoms with Gasteiger partial charge in [-0.15, -0.1) is 0 Å². The molecule has 0 spiro atoms. The van der Waals surface area contributed by atoms with Crippen molar-refractivity contribution < 1.29 is 18.0 Å². The highest BCUT2D eigenvalue weighted by Crippen LogP contribution is 2.34. The largest absolute Gasteiger partial charge is 0.329 e. The summed E-state index contributed by atoms with van der Waals surface area (Å²) in [5.74, 6) is 1.17. The van der Waals surface area contributed by atoms with Gasteiger partial charge < -0.3 is 10.6 Å². The number of fused-ring (bicyclic) bond motifs is 1. The predicted molar refractivity (Wildman–Crippen MR) is 170 cm³/mol. The number of piperidine rings is 2. The third kappa shape index (κ3) is 6.39. The number of imide groups is 1. The Bertz CT molecular complexity index is 1640. The fraction of sp³-hybridized carbons (Fsp3) is 0.531. The van der Waals surface area contributed by atoms with Gasteiger partial charge in [0.1, 0.15) is 0 Å². The number of sulfonamides is 1. The zero-order valence-corrected chi connectivity index (χ0v) is 26.4. The van der Waals surface area contributed by atoms with Gasteiger partial charge in [-0.1, -0.05) is 25.1 Å². The molecule has 3 N–H and O–H groups in total. The van der Waals surface area contributed by atoms with E-state index in [2.05, 4.69) is 40.4 Å². The number of nitrogens with zero attached hydrogens (tertiary/aromatic N) is 5. The number of rotatable bonds is 8. The summed E-state index contributed by atoms with van der Waals surface area (Å²) in [6.07, 6.45) is 4.63. The highest BCUT2D eigenvalue weighted by molar-refractivity contribution is 7.89. The number of carbonyl (C=O) groups excluding carboxylic acids is 2. The normalized spacial score (nSPS) is 20.8. The molecule has 11 nitrogen and oxygen atoms in total. The lowest BCUT2D eigenvalue weighted by molar-refractivity contribution is -0.120. The Morgan fingerprint density at radius 1 is 1.00 bits per heavy atom. The van der Waals surface area contributed by atoms with Crippen LogP contribution in [0.3, 0.4) is 0 Å². The van der Waals surface area contributed by atoms with Gasteiger partial charge in [-0.2, -0.15) is 9.40 Å². The second-order valence-corrected chi connectivity index (χ2v) is 14.7. The van der Waals surface area contributed by atoms with Crippen LogP contribution < -0.4 is 16.0 Å². The van der Waals surface area contributed by atoms with Gasteiger partial charge in [-0.25, -0.2) is 13.2 Å². The van der Waals surface area contributed by atoms with E-state index in [-0.39, 0.29) is 18.4 Å². The second-order valence-electron chi connectivity index (χ2n) is 12.8. The number of nitrogens with two attached hydrogens (primary N) is 1. The first-order valence-electron chi connectivity index (χ1n) is 15.7. The molecule has 3 saturated heterocycles. The number of aromatic nitrogens is 2. The first-order chi connectivity index (χ1) is 21.1. The maximum absolute atomic E-state index is 13.2. The van der Waals surface area contributed by atoms with Gasteiger partial charge in [0, 0.05) is 51.1 Å². The number of nitrogens with one attached hydrogen (secondary N) is 1. The van der Waals surface area contributed by atoms with E-state index < -0.39 is 16.1 Å². The van der Waals surface area contributed by atoms with Crippen LogP contribution in [0.15, 0.2) is 47.4 Å². The molecule has 3 fully saturated rings. The summed E-state index contributed by atoms with van der Waals surface area (Å²) < 4.78 is 29.8. The Kier molecular flexibility index (Phi) is 8.78. The van der Waals surface area contributed by atoms with Gasteiger partial charge in [0.25, 0.3) is 0 Å². The number of hydrogen-bond donors (Lipinski definition) is 2. The third-order valence-corrected chi connectivity index (χ3v) is 11.3. The van der Waals surface area contributed by atoms with Crippen LogP contribution in [-0.4, -0.2) is 84.7 Å². The van der Waals surface area contributed by atoms with Crippen LogP contribution in [0.2, 0.25) is 0 Å². The summed E-state index contributed by atoms with van der Waals surface area (Å²) in [6, 6.07) is 13.5. The molecule has 12 heteroatoms. The van der Waals surface area contributed by atoms with Gasteiger partial charge in [-0.05, 0) is 92.4 Å². The second kappa shape index (κ2) is 12.6. The van der Waals surface area contributed by atoms with Gasteiger partial charge in [0.05, 0.1) is 10.4 Å². The summed E-state index contributed by atoms with van der Waals surface area (Å²) in [5.41, 5.74) is 9.30. The Labute approximate surface area is 259 Å². The van der Waals surface area contributed by atoms with Crippen molar-refractivity contribution in [2.45, 2.75) is 62.3 Å². The molecule has 0 aliphatic carbocycles. The summed E-state index contributed by atoms with van der Waals surface area (Å²) in [4.78, 5) is 28.5. The van der Waals surface area contributed by atoms with Crippen LogP contribution in [0.25, 0.3) is 10.9 Å². The number of amides is 3. The Morgan fingerprint density at radius 2 is 1.75 bits per heavy atom. The maximum atomic E-state index is 13.2. The molecule has 236 valence electrons. The molecule has 6 rings (SSSR count). The van der Waals surface area contributed by atoms with Crippen molar-refractivity contribution in [1.82, 2.24) is 24.3 Å². The van der Waals surface area contributed by atoms with Crippen molar-refractivity contribution in [1.29, 1.82) is 0 Å². The van der Waals surface area contributed by atoms with Gasteiger partial charge >= 0.3 is 6.03 Å². The fourth-order valence-corrected chi connectivity index (χ4v) is 8.47. The number of aryl methyl sites for hydroxylation is 1. The lowest BCUT2D eigenvalue weighted by Gasteiger charge is -2.34. The van der Waals surface area contributed by atoms with E-state index in [4.69, 9.17) is 5.73 Å². The van der Waals surface area contributed by atoms with Crippen molar-refractivity contribution in [3.63, 3.8) is 0 Å². The molecule has 3 aromatic rings. The summed E-state index contributed by atoms with van der Waals surface area (Å²) >= 11 is 0. The van der Waals surface area contributed by atoms with E-state index in [1.165, 1.54) is 5.56 Å². The lowest BCUT2D eigenvalue weighted by atomic mass is 9.88. The minimum absolute atomic E-state index is 0.0850. The average molecular weight is 622 g/mol. The van der Waals surface area contributed by atoms with Crippen molar-refractivity contribution in [3.05, 3.63) is 53.6 Å². The predicted octanol–water partition coefficient (Wildman–Crippen LogP) is 3.19. The molecule has 0 bridgehead atoms. The topological polar surface area (TPSA) is 134 Å². The number of benzene rings is 2. The van der Waals surface area contributed by atoms with E-state index in [1.54, 1.807) is 15.3 Å². The summed E-state index contributed by atoms with van der Waals surface area (Å²) in [5, 5.41) is 7.91. The smallest absolute Gasteiger partial charge is 0.328 e. The fourth-order valence-electron chi connectivity index (χ4n) is 6.93. The monoisotopic (exact) mass is 621 g/mol. The molecule has 1 atom stereocenters. The third-order valence-electron chi connectivity index (χ3n) is 9.41. The van der Waals surface area contributed by atoms with Crippen LogP contribution in [0.1, 0.15) is 56.1 Å². The van der Waals surface area contributed by atoms with Gasteiger partial charge in [-0.3, -0.25) is 19.7 Å². The van der Waals surface area contributed by atoms with E-state index in [0.29, 0.717) is 55.0 Å². The average Bonchev–Trinajstić information content (AvgIpc) is 3.33. The number of carbonyl (C=O) groups is 2. The van der Waals surface area contributed by atoms with Crippen LogP contribution in [0.5, 0.6) is 0 Å². The molecule has 0 radical (unpaired) electrons.